The van der Waals surface area contributed by atoms with Gasteiger partial charge in [0, 0.05) is 19.1 Å². The van der Waals surface area contributed by atoms with E-state index < -0.39 is 10.0 Å². The average Bonchev–Trinajstić information content (AvgIpc) is 3.09. The number of piperidine rings is 1. The normalized spacial score (nSPS) is 18.8. The number of H-pyrrole nitrogens is 1. The highest BCUT2D eigenvalue weighted by molar-refractivity contribution is 7.89. The van der Waals surface area contributed by atoms with Gasteiger partial charge in [-0.2, -0.15) is 4.31 Å². The number of nitrogens with one attached hydrogen (secondary N) is 1. The van der Waals surface area contributed by atoms with Crippen LogP contribution in [0.4, 0.5) is 0 Å². The third kappa shape index (κ3) is 3.22. The van der Waals surface area contributed by atoms with Crippen molar-refractivity contribution in [3.63, 3.8) is 0 Å². The molecule has 29 heavy (non-hydrogen) atoms. The Morgan fingerprint density at radius 2 is 1.66 bits per heavy atom. The van der Waals surface area contributed by atoms with Crippen LogP contribution >= 0.6 is 0 Å². The lowest BCUT2D eigenvalue weighted by Gasteiger charge is -2.32. The fraction of sp³-hybridized carbons (Fsp3) is 0.409. The second-order valence-corrected chi connectivity index (χ2v) is 10.0. The minimum Gasteiger partial charge on any atom is -0.306 e. The van der Waals surface area contributed by atoms with Crippen molar-refractivity contribution in [1.29, 1.82) is 0 Å². The fourth-order valence-electron chi connectivity index (χ4n) is 4.80. The van der Waals surface area contributed by atoms with E-state index in [0.29, 0.717) is 30.8 Å². The maximum atomic E-state index is 13.2. The van der Waals surface area contributed by atoms with Crippen molar-refractivity contribution in [2.75, 3.05) is 13.1 Å². The van der Waals surface area contributed by atoms with E-state index in [-0.39, 0.29) is 11.7 Å². The molecule has 0 bridgehead atoms. The van der Waals surface area contributed by atoms with E-state index in [1.165, 1.54) is 17.5 Å². The van der Waals surface area contributed by atoms with Crippen LogP contribution in [0.5, 0.6) is 0 Å². The summed E-state index contributed by atoms with van der Waals surface area (Å²) in [5.41, 5.74) is 4.04. The van der Waals surface area contributed by atoms with Crippen LogP contribution in [-0.2, 0) is 22.9 Å². The Kier molecular flexibility index (Phi) is 4.59. The Labute approximate surface area is 170 Å². The molecule has 0 radical (unpaired) electrons. The Bertz CT molecular complexity index is 1220. The number of imidazole rings is 1. The molecular weight excluding hydrogens is 386 g/mol. The monoisotopic (exact) mass is 411 g/mol. The summed E-state index contributed by atoms with van der Waals surface area (Å²) in [6, 6.07) is 13.3. The van der Waals surface area contributed by atoms with Gasteiger partial charge in [-0.25, -0.2) is 13.2 Å². The van der Waals surface area contributed by atoms with E-state index in [1.54, 1.807) is 14.9 Å². The summed E-state index contributed by atoms with van der Waals surface area (Å²) in [6.45, 7) is 0.853. The summed E-state index contributed by atoms with van der Waals surface area (Å²) >= 11 is 0. The summed E-state index contributed by atoms with van der Waals surface area (Å²) in [5.74, 6) is 0. The average molecular weight is 412 g/mol. The summed E-state index contributed by atoms with van der Waals surface area (Å²) in [4.78, 5) is 15.7. The van der Waals surface area contributed by atoms with Crippen molar-refractivity contribution in [2.45, 2.75) is 49.5 Å². The van der Waals surface area contributed by atoms with Crippen LogP contribution in [0.15, 0.2) is 52.2 Å². The van der Waals surface area contributed by atoms with E-state index in [1.807, 2.05) is 36.4 Å². The molecule has 0 amide bonds. The first-order valence-corrected chi connectivity index (χ1v) is 11.8. The molecule has 0 saturated carbocycles. The molecule has 1 saturated heterocycles. The van der Waals surface area contributed by atoms with Crippen LogP contribution < -0.4 is 5.69 Å². The zero-order chi connectivity index (χ0) is 20.0. The number of sulfonamides is 1. The SMILES string of the molecule is O=c1[nH]c2ccccc2n1C1CCN(S(=O)(=O)c2ccc3c(c2)CCCC3)CC1. The molecule has 152 valence electrons. The van der Waals surface area contributed by atoms with Gasteiger partial charge in [0.25, 0.3) is 0 Å². The molecule has 6 nitrogen and oxygen atoms in total. The first kappa shape index (κ1) is 18.6. The molecule has 1 aliphatic heterocycles. The van der Waals surface area contributed by atoms with Gasteiger partial charge < -0.3 is 4.98 Å². The van der Waals surface area contributed by atoms with Gasteiger partial charge in [0.1, 0.15) is 0 Å². The highest BCUT2D eigenvalue weighted by atomic mass is 32.2. The zero-order valence-electron chi connectivity index (χ0n) is 16.3. The minimum absolute atomic E-state index is 0.00799. The highest BCUT2D eigenvalue weighted by Crippen LogP contribution is 2.30. The van der Waals surface area contributed by atoms with E-state index in [0.717, 1.165) is 30.3 Å². The molecular formula is C22H25N3O3S. The molecule has 7 heteroatoms. The maximum Gasteiger partial charge on any atom is 0.326 e. The predicted octanol–water partition coefficient (Wildman–Crippen LogP) is 3.23. The van der Waals surface area contributed by atoms with E-state index in [9.17, 15) is 13.2 Å². The second kappa shape index (κ2) is 7.15. The molecule has 2 aliphatic rings. The first-order chi connectivity index (χ1) is 14.0. The van der Waals surface area contributed by atoms with Gasteiger partial charge in [0.15, 0.2) is 0 Å². The Balaban J connectivity index is 1.37. The Hall–Kier alpha value is -2.38. The van der Waals surface area contributed by atoms with Crippen LogP contribution in [0.3, 0.4) is 0 Å². The number of aryl methyl sites for hydroxylation is 2. The maximum absolute atomic E-state index is 13.2. The fourth-order valence-corrected chi connectivity index (χ4v) is 6.32. The highest BCUT2D eigenvalue weighted by Gasteiger charge is 2.31. The van der Waals surface area contributed by atoms with Gasteiger partial charge in [-0.1, -0.05) is 18.2 Å². The number of rotatable bonds is 3. The number of para-hydroxylation sites is 2. The molecule has 0 atom stereocenters. The molecule has 1 fully saturated rings. The van der Waals surface area contributed by atoms with Gasteiger partial charge in [-0.3, -0.25) is 4.57 Å². The molecule has 0 unspecified atom stereocenters. The standard InChI is InChI=1S/C22H25N3O3S/c26-22-23-20-7-3-4-8-21(20)25(22)18-11-13-24(14-12-18)29(27,28)19-10-9-16-5-1-2-6-17(16)15-19/h3-4,7-10,15,18H,1-2,5-6,11-14H2,(H,23,26). The second-order valence-electron chi connectivity index (χ2n) is 8.09. The lowest BCUT2D eigenvalue weighted by atomic mass is 9.92. The molecule has 5 rings (SSSR count). The predicted molar refractivity (Wildman–Crippen MR) is 113 cm³/mol. The Morgan fingerprint density at radius 3 is 2.45 bits per heavy atom. The quantitative estimate of drug-likeness (QED) is 0.719. The number of hydrogen-bond acceptors (Lipinski definition) is 3. The summed E-state index contributed by atoms with van der Waals surface area (Å²) < 4.78 is 29.8. The van der Waals surface area contributed by atoms with Crippen LogP contribution in [-0.4, -0.2) is 35.4 Å². The molecule has 2 heterocycles. The molecule has 0 spiro atoms. The summed E-state index contributed by atoms with van der Waals surface area (Å²) in [6.07, 6.45) is 5.57. The Morgan fingerprint density at radius 1 is 0.931 bits per heavy atom. The molecule has 1 aromatic heterocycles. The number of hydrogen-bond donors (Lipinski definition) is 1. The lowest BCUT2D eigenvalue weighted by molar-refractivity contribution is 0.274. The van der Waals surface area contributed by atoms with Gasteiger partial charge in [0.05, 0.1) is 15.9 Å². The van der Waals surface area contributed by atoms with Crippen molar-refractivity contribution in [1.82, 2.24) is 13.9 Å². The van der Waals surface area contributed by atoms with Crippen molar-refractivity contribution in [2.24, 2.45) is 0 Å². The van der Waals surface area contributed by atoms with Crippen LogP contribution in [0, 0.1) is 0 Å². The van der Waals surface area contributed by atoms with Crippen LogP contribution in [0.2, 0.25) is 0 Å². The van der Waals surface area contributed by atoms with E-state index in [2.05, 4.69) is 4.98 Å². The van der Waals surface area contributed by atoms with Crippen molar-refractivity contribution in [3.8, 4) is 0 Å². The van der Waals surface area contributed by atoms with Gasteiger partial charge in [-0.15, -0.1) is 0 Å². The zero-order valence-corrected chi connectivity index (χ0v) is 17.1. The first-order valence-electron chi connectivity index (χ1n) is 10.4. The van der Waals surface area contributed by atoms with Gasteiger partial charge >= 0.3 is 5.69 Å². The van der Waals surface area contributed by atoms with E-state index in [4.69, 9.17) is 0 Å². The molecule has 1 aliphatic carbocycles. The van der Waals surface area contributed by atoms with Crippen molar-refractivity contribution >= 4 is 21.1 Å². The minimum atomic E-state index is -3.50. The van der Waals surface area contributed by atoms with Crippen molar-refractivity contribution in [3.05, 3.63) is 64.1 Å². The van der Waals surface area contributed by atoms with Crippen LogP contribution in [0.25, 0.3) is 11.0 Å². The van der Waals surface area contributed by atoms with Crippen LogP contribution in [0.1, 0.15) is 42.9 Å². The topological polar surface area (TPSA) is 75.2 Å². The number of benzene rings is 2. The number of aromatic amines is 1. The van der Waals surface area contributed by atoms with Gasteiger partial charge in [-0.05, 0) is 73.9 Å². The molecule has 3 aromatic rings. The lowest BCUT2D eigenvalue weighted by Crippen LogP contribution is -2.40. The largest absolute Gasteiger partial charge is 0.326 e. The number of aromatic nitrogens is 2. The third-order valence-electron chi connectivity index (χ3n) is 6.37. The third-order valence-corrected chi connectivity index (χ3v) is 8.26. The van der Waals surface area contributed by atoms with Gasteiger partial charge in [0.2, 0.25) is 10.0 Å². The smallest absolute Gasteiger partial charge is 0.306 e. The number of fused-ring (bicyclic) bond motifs is 2. The molecule has 1 N–H and O–H groups in total. The van der Waals surface area contributed by atoms with E-state index >= 15 is 0 Å². The number of nitrogens with zero attached hydrogens (tertiary/aromatic N) is 2. The van der Waals surface area contributed by atoms with Crippen molar-refractivity contribution < 1.29 is 8.42 Å². The summed E-state index contributed by atoms with van der Waals surface area (Å²) in [7, 11) is -3.50. The molecule has 2 aromatic carbocycles. The summed E-state index contributed by atoms with van der Waals surface area (Å²) in [5, 5.41) is 0.